The number of allylic oxidation sites excluding steroid dienone is 13. The van der Waals surface area contributed by atoms with E-state index in [2.05, 4.69) is 99.0 Å². The number of nitrogens with one attached hydrogen (secondary N) is 1. The minimum Gasteiger partial charge on any atom is -0.756 e. The van der Waals surface area contributed by atoms with E-state index in [9.17, 15) is 19.0 Å². The average molecular weight is 1130 g/mol. The van der Waals surface area contributed by atoms with E-state index >= 15 is 0 Å². The van der Waals surface area contributed by atoms with Gasteiger partial charge in [0.05, 0.1) is 33.8 Å². The van der Waals surface area contributed by atoms with Gasteiger partial charge in [-0.05, 0) is 102 Å². The summed E-state index contributed by atoms with van der Waals surface area (Å²) in [6, 6.07) is -0.909. The van der Waals surface area contributed by atoms with Crippen LogP contribution in [0.1, 0.15) is 290 Å². The van der Waals surface area contributed by atoms with E-state index in [1.807, 2.05) is 33.3 Å². The van der Waals surface area contributed by atoms with Gasteiger partial charge in [0, 0.05) is 12.8 Å². The quantitative estimate of drug-likeness (QED) is 0.0212. The number of carbonyl (C=O) groups excluding carboxylic acids is 2. The van der Waals surface area contributed by atoms with E-state index in [0.29, 0.717) is 17.4 Å². The largest absolute Gasteiger partial charge is 0.756 e. The molecule has 0 aromatic heterocycles. The molecule has 0 aliphatic carbocycles. The van der Waals surface area contributed by atoms with Crippen LogP contribution in [0.25, 0.3) is 0 Å². The number of hydrogen-bond acceptors (Lipinski definition) is 7. The van der Waals surface area contributed by atoms with Gasteiger partial charge in [0.25, 0.3) is 7.82 Å². The first kappa shape index (κ1) is 76.2. The van der Waals surface area contributed by atoms with Crippen molar-refractivity contribution in [3.8, 4) is 0 Å². The minimum absolute atomic E-state index is 0.0318. The lowest BCUT2D eigenvalue weighted by atomic mass is 10.0. The molecule has 79 heavy (non-hydrogen) atoms. The lowest BCUT2D eigenvalue weighted by molar-refractivity contribution is -0.870. The van der Waals surface area contributed by atoms with Crippen molar-refractivity contribution < 1.29 is 37.3 Å². The van der Waals surface area contributed by atoms with Crippen LogP contribution in [0.2, 0.25) is 0 Å². The van der Waals surface area contributed by atoms with E-state index in [0.717, 1.165) is 89.9 Å². The van der Waals surface area contributed by atoms with Crippen LogP contribution >= 0.6 is 7.82 Å². The Balaban J connectivity index is 5.17. The Morgan fingerprint density at radius 1 is 0.456 bits per heavy atom. The predicted octanol–water partition coefficient (Wildman–Crippen LogP) is 19.9. The standard InChI is InChI=1S/C69H125N2O7P/c1-7-10-13-16-19-22-25-27-29-31-33-34-35-36-38-40-42-44-47-50-53-56-59-62-69(73)78-67(60-57-54-51-48-45-24-21-18-15-12-9-3)66(65-77-79(74,75)76-64-63-71(4,5)6)70-68(72)61-58-55-52-49-46-43-41-39-37-32-30-28-26-23-20-17-14-11-8-2/h11,14,20,23,27-30,37,39,43,46,57,60,66-67H,7-10,12-13,15-19,21-22,24-26,31-36,38,40-42,44-45,47-56,58-59,61-65H2,1-6H3,(H-,70,72,74,75)/b14-11-,23-20-,29-27+,30-28-,39-37-,46-43-,60-57+. The van der Waals surface area contributed by atoms with E-state index in [-0.39, 0.29) is 31.3 Å². The van der Waals surface area contributed by atoms with Gasteiger partial charge >= 0.3 is 5.97 Å². The second kappa shape index (κ2) is 58.4. The Morgan fingerprint density at radius 2 is 0.810 bits per heavy atom. The summed E-state index contributed by atoms with van der Waals surface area (Å²) in [6.45, 7) is 6.71. The number of ether oxygens (including phenoxy) is 1. The molecule has 3 atom stereocenters. The van der Waals surface area contributed by atoms with Crippen LogP contribution in [0.4, 0.5) is 0 Å². The number of hydrogen-bond donors (Lipinski definition) is 1. The topological polar surface area (TPSA) is 114 Å². The third-order valence-electron chi connectivity index (χ3n) is 14.3. The van der Waals surface area contributed by atoms with Gasteiger partial charge in [0.1, 0.15) is 19.3 Å². The van der Waals surface area contributed by atoms with Crippen molar-refractivity contribution >= 4 is 19.7 Å². The third-order valence-corrected chi connectivity index (χ3v) is 15.3. The lowest BCUT2D eigenvalue weighted by Gasteiger charge is -2.30. The molecule has 0 saturated carbocycles. The van der Waals surface area contributed by atoms with Crippen LogP contribution in [0, 0.1) is 0 Å². The van der Waals surface area contributed by atoms with Crippen molar-refractivity contribution in [3.63, 3.8) is 0 Å². The third kappa shape index (κ3) is 59.6. The first-order valence-electron chi connectivity index (χ1n) is 32.9. The Bertz CT molecular complexity index is 1630. The van der Waals surface area contributed by atoms with Gasteiger partial charge in [-0.3, -0.25) is 14.2 Å². The molecule has 3 unspecified atom stereocenters. The fourth-order valence-electron chi connectivity index (χ4n) is 9.25. The fraction of sp³-hybridized carbons (Fsp3) is 0.768. The molecule has 1 N–H and O–H groups in total. The molecule has 1 amide bonds. The number of rotatable bonds is 59. The Kier molecular flexibility index (Phi) is 56.3. The highest BCUT2D eigenvalue weighted by Crippen LogP contribution is 2.38. The number of unbranched alkanes of at least 4 members (excludes halogenated alkanes) is 31. The predicted molar refractivity (Wildman–Crippen MR) is 339 cm³/mol. The summed E-state index contributed by atoms with van der Waals surface area (Å²) >= 11 is 0. The van der Waals surface area contributed by atoms with Crippen molar-refractivity contribution in [1.29, 1.82) is 0 Å². The molecule has 0 radical (unpaired) electrons. The molecule has 0 bridgehead atoms. The van der Waals surface area contributed by atoms with E-state index < -0.39 is 26.6 Å². The summed E-state index contributed by atoms with van der Waals surface area (Å²) in [5.41, 5.74) is 0. The molecule has 0 saturated heterocycles. The molecule has 0 spiro atoms. The normalized spacial score (nSPS) is 14.2. The summed E-state index contributed by atoms with van der Waals surface area (Å²) in [4.78, 5) is 40.0. The summed E-state index contributed by atoms with van der Waals surface area (Å²) in [5.74, 6) is -0.576. The zero-order valence-electron chi connectivity index (χ0n) is 52.3. The minimum atomic E-state index is -4.71. The number of phosphoric ester groups is 1. The lowest BCUT2D eigenvalue weighted by Crippen LogP contribution is -2.47. The maximum atomic E-state index is 13.5. The van der Waals surface area contributed by atoms with Crippen molar-refractivity contribution in [3.05, 3.63) is 85.1 Å². The number of likely N-dealkylation sites (N-methyl/N-ethyl adjacent to an activating group) is 1. The Labute approximate surface area is 488 Å². The highest BCUT2D eigenvalue weighted by atomic mass is 31.2. The van der Waals surface area contributed by atoms with Gasteiger partial charge in [0.2, 0.25) is 5.91 Å². The Morgan fingerprint density at radius 3 is 1.24 bits per heavy atom. The number of esters is 1. The number of quaternary nitrogens is 1. The highest BCUT2D eigenvalue weighted by molar-refractivity contribution is 7.45. The van der Waals surface area contributed by atoms with Gasteiger partial charge in [-0.1, -0.05) is 260 Å². The molecule has 10 heteroatoms. The van der Waals surface area contributed by atoms with Crippen LogP contribution in [-0.2, 0) is 27.9 Å². The van der Waals surface area contributed by atoms with Crippen molar-refractivity contribution in [1.82, 2.24) is 5.32 Å². The van der Waals surface area contributed by atoms with Crippen LogP contribution < -0.4 is 10.2 Å². The molecule has 0 aliphatic rings. The first-order chi connectivity index (χ1) is 38.4. The maximum Gasteiger partial charge on any atom is 0.306 e. The smallest absolute Gasteiger partial charge is 0.306 e. The zero-order valence-corrected chi connectivity index (χ0v) is 53.2. The Hall–Kier alpha value is -2.81. The summed E-state index contributed by atoms with van der Waals surface area (Å²) in [6.07, 6.45) is 77.1. The summed E-state index contributed by atoms with van der Waals surface area (Å²) in [7, 11) is 1.16. The molecule has 0 aromatic carbocycles. The van der Waals surface area contributed by atoms with E-state index in [1.165, 1.54) is 161 Å². The van der Waals surface area contributed by atoms with Crippen molar-refractivity contribution in [2.24, 2.45) is 0 Å². The van der Waals surface area contributed by atoms with E-state index in [4.69, 9.17) is 13.8 Å². The zero-order chi connectivity index (χ0) is 57.9. The second-order valence-corrected chi connectivity index (χ2v) is 24.6. The molecule has 458 valence electrons. The van der Waals surface area contributed by atoms with Gasteiger partial charge < -0.3 is 28.5 Å². The summed E-state index contributed by atoms with van der Waals surface area (Å²) in [5, 5.41) is 3.01. The van der Waals surface area contributed by atoms with Crippen LogP contribution in [0.5, 0.6) is 0 Å². The monoisotopic (exact) mass is 1120 g/mol. The summed E-state index contributed by atoms with van der Waals surface area (Å²) < 4.78 is 30.3. The van der Waals surface area contributed by atoms with E-state index in [1.54, 1.807) is 0 Å². The van der Waals surface area contributed by atoms with Crippen molar-refractivity contribution in [2.45, 2.75) is 303 Å². The molecule has 0 aliphatic heterocycles. The molecule has 0 heterocycles. The van der Waals surface area contributed by atoms with Gasteiger partial charge in [-0.15, -0.1) is 0 Å². The maximum absolute atomic E-state index is 13.5. The van der Waals surface area contributed by atoms with Crippen LogP contribution in [-0.4, -0.2) is 69.4 Å². The van der Waals surface area contributed by atoms with Gasteiger partial charge in [-0.2, -0.15) is 0 Å². The number of amides is 1. The molecule has 9 nitrogen and oxygen atoms in total. The fourth-order valence-corrected chi connectivity index (χ4v) is 9.97. The first-order valence-corrected chi connectivity index (χ1v) is 34.4. The van der Waals surface area contributed by atoms with Gasteiger partial charge in [0.15, 0.2) is 0 Å². The molecule has 0 fully saturated rings. The number of phosphoric acid groups is 1. The molecular weight excluding hydrogens is 1000 g/mol. The molecule has 0 aromatic rings. The number of carbonyl (C=O) groups is 2. The van der Waals surface area contributed by atoms with Crippen LogP contribution in [0.15, 0.2) is 85.1 Å². The molecule has 0 rings (SSSR count). The van der Waals surface area contributed by atoms with Crippen molar-refractivity contribution in [2.75, 3.05) is 40.9 Å². The second-order valence-electron chi connectivity index (χ2n) is 23.2. The average Bonchev–Trinajstić information content (AvgIpc) is 3.41. The van der Waals surface area contributed by atoms with Gasteiger partial charge in [-0.25, -0.2) is 0 Å². The molecular formula is C69H125N2O7P. The SMILES string of the molecule is CC/C=C\C/C=C\C/C=C\C/C=C\C/C=C\CCCCCC(=O)NC(COP(=O)([O-])OCC[N+](C)(C)C)C(/C=C/CCCCCCCCCCC)OC(=O)CCCCCCCCCCCCCCC/C=C/CCCCCCCC. The number of nitrogens with zero attached hydrogens (tertiary/aromatic N) is 1. The van der Waals surface area contributed by atoms with Crippen LogP contribution in [0.3, 0.4) is 0 Å². The highest BCUT2D eigenvalue weighted by Gasteiger charge is 2.27.